The summed E-state index contributed by atoms with van der Waals surface area (Å²) < 4.78 is 6.20. The molecule has 3 rings (SSSR count). The Morgan fingerprint density at radius 3 is 2.90 bits per heavy atom. The molecule has 0 unspecified atom stereocenters. The van der Waals surface area contributed by atoms with Crippen LogP contribution in [-0.2, 0) is 0 Å². The van der Waals surface area contributed by atoms with Gasteiger partial charge in [-0.05, 0) is 46.3 Å². The van der Waals surface area contributed by atoms with Gasteiger partial charge in [-0.1, -0.05) is 17.7 Å². The van der Waals surface area contributed by atoms with Gasteiger partial charge in [0.15, 0.2) is 5.58 Å². The fourth-order valence-corrected chi connectivity index (χ4v) is 2.36. The second-order valence-electron chi connectivity index (χ2n) is 4.23. The largest absolute Gasteiger partial charge is 0.478 e. The lowest BCUT2D eigenvalue weighted by atomic mass is 10.2. The molecule has 0 aliphatic carbocycles. The fraction of sp³-hybridized carbons (Fsp3) is 0. The van der Waals surface area contributed by atoms with Crippen LogP contribution in [0.1, 0.15) is 10.4 Å². The Kier molecular flexibility index (Phi) is 3.57. The van der Waals surface area contributed by atoms with Crippen molar-refractivity contribution >= 4 is 56.3 Å². The number of rotatable bonds is 3. The van der Waals surface area contributed by atoms with E-state index in [4.69, 9.17) is 21.1 Å². The fourth-order valence-electron chi connectivity index (χ4n) is 1.83. The van der Waals surface area contributed by atoms with E-state index in [1.54, 1.807) is 18.2 Å². The van der Waals surface area contributed by atoms with Gasteiger partial charge in [0.05, 0.1) is 20.7 Å². The molecule has 1 heterocycles. The third-order valence-corrected chi connectivity index (χ3v) is 4.23. The lowest BCUT2D eigenvalue weighted by Crippen LogP contribution is -1.94. The lowest BCUT2D eigenvalue weighted by molar-refractivity contribution is 0.0697. The third-order valence-electron chi connectivity index (χ3n) is 2.83. The molecule has 0 saturated heterocycles. The van der Waals surface area contributed by atoms with E-state index in [1.807, 2.05) is 6.07 Å². The average Bonchev–Trinajstić information content (AvgIpc) is 2.85. The number of benzene rings is 2. The molecule has 0 radical (unpaired) electrons. The Balaban J connectivity index is 1.98. The summed E-state index contributed by atoms with van der Waals surface area (Å²) in [6, 6.07) is 10.1. The van der Waals surface area contributed by atoms with Crippen molar-refractivity contribution in [2.75, 3.05) is 5.32 Å². The van der Waals surface area contributed by atoms with Crippen LogP contribution in [0.3, 0.4) is 0 Å². The van der Waals surface area contributed by atoms with E-state index in [2.05, 4.69) is 26.2 Å². The maximum Gasteiger partial charge on any atom is 0.335 e. The number of nitrogens with zero attached hydrogens (tertiary/aromatic N) is 1. The predicted molar refractivity (Wildman–Crippen MR) is 83.4 cm³/mol. The van der Waals surface area contributed by atoms with E-state index >= 15 is 0 Å². The summed E-state index contributed by atoms with van der Waals surface area (Å²) in [6.07, 6.45) is 0. The van der Waals surface area contributed by atoms with Crippen LogP contribution in [0.2, 0.25) is 5.02 Å². The minimum atomic E-state index is -1.01. The maximum atomic E-state index is 10.9. The van der Waals surface area contributed by atoms with E-state index in [0.29, 0.717) is 26.3 Å². The average molecular weight is 368 g/mol. The predicted octanol–water partition coefficient (Wildman–Crippen LogP) is 4.69. The minimum Gasteiger partial charge on any atom is -0.478 e. The van der Waals surface area contributed by atoms with Crippen molar-refractivity contribution in [3.8, 4) is 0 Å². The first-order chi connectivity index (χ1) is 10.0. The van der Waals surface area contributed by atoms with E-state index in [0.717, 1.165) is 0 Å². The Morgan fingerprint density at radius 1 is 1.33 bits per heavy atom. The van der Waals surface area contributed by atoms with Crippen LogP contribution in [0.5, 0.6) is 0 Å². The summed E-state index contributed by atoms with van der Waals surface area (Å²) in [7, 11) is 0. The molecule has 0 spiro atoms. The number of carbonyl (C=O) groups is 1. The number of hydrogen-bond acceptors (Lipinski definition) is 4. The van der Waals surface area contributed by atoms with Crippen LogP contribution < -0.4 is 5.32 Å². The first-order valence-corrected chi connectivity index (χ1v) is 7.06. The van der Waals surface area contributed by atoms with Crippen LogP contribution in [0.15, 0.2) is 45.3 Å². The number of oxazole rings is 1. The zero-order valence-electron chi connectivity index (χ0n) is 10.4. The van der Waals surface area contributed by atoms with Crippen molar-refractivity contribution in [3.05, 3.63) is 51.5 Å². The monoisotopic (exact) mass is 366 g/mol. The molecule has 0 fully saturated rings. The first-order valence-electron chi connectivity index (χ1n) is 5.89. The molecule has 0 aliphatic rings. The number of aromatic nitrogens is 1. The zero-order valence-corrected chi connectivity index (χ0v) is 12.8. The molecule has 7 heteroatoms. The topological polar surface area (TPSA) is 75.4 Å². The number of anilines is 2. The minimum absolute atomic E-state index is 0.147. The SMILES string of the molecule is O=C(O)c1ccc2nc(Nc3cccc(Cl)c3Br)oc2c1. The van der Waals surface area contributed by atoms with Crippen LogP contribution in [0, 0.1) is 0 Å². The zero-order chi connectivity index (χ0) is 15.0. The third kappa shape index (κ3) is 2.72. The number of nitrogens with one attached hydrogen (secondary N) is 1. The van der Waals surface area contributed by atoms with Crippen LogP contribution in [0.4, 0.5) is 11.7 Å². The summed E-state index contributed by atoms with van der Waals surface area (Å²) >= 11 is 9.38. The molecule has 1 aromatic heterocycles. The molecular formula is C14H8BrClN2O3. The first kappa shape index (κ1) is 13.9. The second kappa shape index (κ2) is 5.38. The van der Waals surface area contributed by atoms with Gasteiger partial charge in [-0.15, -0.1) is 0 Å². The highest BCUT2D eigenvalue weighted by atomic mass is 79.9. The number of halogens is 2. The summed E-state index contributed by atoms with van der Waals surface area (Å²) in [4.78, 5) is 15.2. The number of fused-ring (bicyclic) bond motifs is 1. The van der Waals surface area contributed by atoms with Gasteiger partial charge in [0, 0.05) is 0 Å². The molecule has 21 heavy (non-hydrogen) atoms. The molecular weight excluding hydrogens is 360 g/mol. The highest BCUT2D eigenvalue weighted by Crippen LogP contribution is 2.32. The van der Waals surface area contributed by atoms with Gasteiger partial charge in [-0.2, -0.15) is 4.98 Å². The van der Waals surface area contributed by atoms with Gasteiger partial charge in [0.25, 0.3) is 6.01 Å². The molecule has 0 aliphatic heterocycles. The number of carboxylic acid groups (broad SMARTS) is 1. The van der Waals surface area contributed by atoms with Gasteiger partial charge in [-0.25, -0.2) is 4.79 Å². The highest BCUT2D eigenvalue weighted by molar-refractivity contribution is 9.10. The molecule has 5 nitrogen and oxygen atoms in total. The van der Waals surface area contributed by atoms with E-state index in [9.17, 15) is 4.79 Å². The van der Waals surface area contributed by atoms with Crippen molar-refractivity contribution in [3.63, 3.8) is 0 Å². The van der Waals surface area contributed by atoms with Gasteiger partial charge in [0.1, 0.15) is 5.52 Å². The van der Waals surface area contributed by atoms with E-state index in [1.165, 1.54) is 12.1 Å². The smallest absolute Gasteiger partial charge is 0.335 e. The van der Waals surface area contributed by atoms with Gasteiger partial charge < -0.3 is 14.8 Å². The molecule has 0 saturated carbocycles. The van der Waals surface area contributed by atoms with Crippen molar-refractivity contribution in [2.45, 2.75) is 0 Å². The quantitative estimate of drug-likeness (QED) is 0.702. The van der Waals surface area contributed by atoms with Crippen LogP contribution in [0.25, 0.3) is 11.1 Å². The lowest BCUT2D eigenvalue weighted by Gasteiger charge is -2.05. The van der Waals surface area contributed by atoms with Crippen molar-refractivity contribution in [1.82, 2.24) is 4.98 Å². The van der Waals surface area contributed by atoms with Crippen molar-refractivity contribution in [1.29, 1.82) is 0 Å². The summed E-state index contributed by atoms with van der Waals surface area (Å²) in [5.74, 6) is -1.01. The molecule has 106 valence electrons. The number of carboxylic acids is 1. The molecule has 3 aromatic rings. The van der Waals surface area contributed by atoms with E-state index in [-0.39, 0.29) is 11.6 Å². The van der Waals surface area contributed by atoms with Crippen LogP contribution in [-0.4, -0.2) is 16.1 Å². The number of hydrogen-bond donors (Lipinski definition) is 2. The normalized spacial score (nSPS) is 10.8. The molecule has 2 aromatic carbocycles. The Bertz CT molecular complexity index is 847. The van der Waals surface area contributed by atoms with Gasteiger partial charge in [-0.3, -0.25) is 0 Å². The van der Waals surface area contributed by atoms with E-state index < -0.39 is 5.97 Å². The Morgan fingerprint density at radius 2 is 2.14 bits per heavy atom. The summed E-state index contributed by atoms with van der Waals surface area (Å²) in [6.45, 7) is 0. The number of aromatic carboxylic acids is 1. The highest BCUT2D eigenvalue weighted by Gasteiger charge is 2.11. The summed E-state index contributed by atoms with van der Waals surface area (Å²) in [5.41, 5.74) is 1.82. The Hall–Kier alpha value is -2.05. The van der Waals surface area contributed by atoms with Crippen LogP contribution >= 0.6 is 27.5 Å². The van der Waals surface area contributed by atoms with Gasteiger partial charge in [0.2, 0.25) is 0 Å². The Labute approximate surface area is 132 Å². The molecule has 2 N–H and O–H groups in total. The standard InChI is InChI=1S/C14H8BrClN2O3/c15-12-8(16)2-1-3-10(12)18-14-17-9-5-4-7(13(19)20)6-11(9)21-14/h1-6H,(H,17,18)(H,19,20). The summed E-state index contributed by atoms with van der Waals surface area (Å²) in [5, 5.41) is 12.5. The van der Waals surface area contributed by atoms with Crippen molar-refractivity contribution in [2.24, 2.45) is 0 Å². The maximum absolute atomic E-state index is 10.9. The molecule has 0 amide bonds. The van der Waals surface area contributed by atoms with Crippen molar-refractivity contribution < 1.29 is 14.3 Å². The molecule has 0 atom stereocenters. The van der Waals surface area contributed by atoms with Gasteiger partial charge >= 0.3 is 5.97 Å². The molecule has 0 bridgehead atoms. The second-order valence-corrected chi connectivity index (χ2v) is 5.43.